The zero-order valence-corrected chi connectivity index (χ0v) is 8.74. The fraction of sp³-hybridized carbons (Fsp3) is 0.500. The van der Waals surface area contributed by atoms with Crippen molar-refractivity contribution >= 4 is 11.6 Å². The molecule has 14 heavy (non-hydrogen) atoms. The molecule has 0 unspecified atom stereocenters. The Balaban J connectivity index is 3.45. The monoisotopic (exact) mass is 218 g/mol. The summed E-state index contributed by atoms with van der Waals surface area (Å²) < 4.78 is 7.01. The third-order valence-electron chi connectivity index (χ3n) is 1.80. The van der Waals surface area contributed by atoms with Gasteiger partial charge in [-0.2, -0.15) is 0 Å². The van der Waals surface area contributed by atoms with Crippen molar-refractivity contribution in [2.24, 2.45) is 0 Å². The summed E-state index contributed by atoms with van der Waals surface area (Å²) in [5.41, 5.74) is -0.904. The van der Waals surface area contributed by atoms with E-state index in [2.05, 4.69) is 0 Å². The van der Waals surface area contributed by atoms with Gasteiger partial charge in [0.05, 0.1) is 0 Å². The molecule has 1 aromatic rings. The van der Waals surface area contributed by atoms with Gasteiger partial charge in [-0.05, 0) is 6.92 Å². The molecule has 5 nitrogen and oxygen atoms in total. The second-order valence-electron chi connectivity index (χ2n) is 2.68. The van der Waals surface area contributed by atoms with Crippen LogP contribution in [-0.4, -0.2) is 16.2 Å². The van der Waals surface area contributed by atoms with Crippen molar-refractivity contribution in [3.05, 3.63) is 32.1 Å². The van der Waals surface area contributed by atoms with Gasteiger partial charge in [-0.15, -0.1) is 0 Å². The highest BCUT2D eigenvalue weighted by Gasteiger charge is 2.07. The molecule has 0 amide bonds. The average Bonchev–Trinajstić information content (AvgIpc) is 2.12. The van der Waals surface area contributed by atoms with Gasteiger partial charge in [-0.25, -0.2) is 9.36 Å². The lowest BCUT2D eigenvalue weighted by Gasteiger charge is -2.08. The molecular weight excluding hydrogens is 208 g/mol. The first kappa shape index (κ1) is 11.0. The maximum Gasteiger partial charge on any atom is 0.334 e. The lowest BCUT2D eigenvalue weighted by molar-refractivity contribution is 0.122. The Morgan fingerprint density at radius 1 is 1.43 bits per heavy atom. The molecule has 1 aromatic heterocycles. The summed E-state index contributed by atoms with van der Waals surface area (Å²) >= 11 is 5.72. The van der Waals surface area contributed by atoms with Gasteiger partial charge in [0.15, 0.2) is 0 Å². The molecule has 0 fully saturated rings. The maximum atomic E-state index is 11.6. The first-order valence-corrected chi connectivity index (χ1v) is 4.48. The summed E-state index contributed by atoms with van der Waals surface area (Å²) in [5.74, 6) is 0. The van der Waals surface area contributed by atoms with Crippen LogP contribution < -0.4 is 11.2 Å². The SMILES string of the molecule is CCn1c(Cl)cc(=O)n(COC)c1=O. The molecule has 0 radical (unpaired) electrons. The van der Waals surface area contributed by atoms with Crippen LogP contribution in [0.2, 0.25) is 5.15 Å². The second kappa shape index (κ2) is 4.43. The van der Waals surface area contributed by atoms with Crippen molar-refractivity contribution in [2.75, 3.05) is 7.11 Å². The summed E-state index contributed by atoms with van der Waals surface area (Å²) in [6, 6.07) is 1.20. The summed E-state index contributed by atoms with van der Waals surface area (Å²) in [6.45, 7) is 2.13. The van der Waals surface area contributed by atoms with Crippen LogP contribution >= 0.6 is 11.6 Å². The third kappa shape index (κ3) is 1.88. The molecule has 0 bridgehead atoms. The van der Waals surface area contributed by atoms with E-state index in [1.165, 1.54) is 17.7 Å². The number of aromatic nitrogens is 2. The van der Waals surface area contributed by atoms with Crippen molar-refractivity contribution < 1.29 is 4.74 Å². The molecular formula is C8H11ClN2O3. The van der Waals surface area contributed by atoms with Crippen LogP contribution in [0.25, 0.3) is 0 Å². The topological polar surface area (TPSA) is 53.2 Å². The Morgan fingerprint density at radius 3 is 2.57 bits per heavy atom. The van der Waals surface area contributed by atoms with Crippen molar-refractivity contribution in [1.29, 1.82) is 0 Å². The van der Waals surface area contributed by atoms with E-state index in [1.54, 1.807) is 6.92 Å². The van der Waals surface area contributed by atoms with Crippen molar-refractivity contribution in [2.45, 2.75) is 20.2 Å². The van der Waals surface area contributed by atoms with Gasteiger partial charge in [-0.1, -0.05) is 11.6 Å². The van der Waals surface area contributed by atoms with Crippen LogP contribution in [0.5, 0.6) is 0 Å². The van der Waals surface area contributed by atoms with Crippen molar-refractivity contribution in [3.63, 3.8) is 0 Å². The number of hydrogen-bond donors (Lipinski definition) is 0. The van der Waals surface area contributed by atoms with Crippen LogP contribution in [0.1, 0.15) is 6.92 Å². The molecule has 1 rings (SSSR count). The average molecular weight is 219 g/mol. The minimum Gasteiger partial charge on any atom is -0.364 e. The van der Waals surface area contributed by atoms with E-state index in [1.807, 2.05) is 0 Å². The first-order valence-electron chi connectivity index (χ1n) is 4.11. The van der Waals surface area contributed by atoms with E-state index in [0.717, 1.165) is 4.57 Å². The second-order valence-corrected chi connectivity index (χ2v) is 3.07. The van der Waals surface area contributed by atoms with Crippen molar-refractivity contribution in [1.82, 2.24) is 9.13 Å². The number of halogens is 1. The van der Waals surface area contributed by atoms with E-state index in [9.17, 15) is 9.59 Å². The molecule has 0 aromatic carbocycles. The highest BCUT2D eigenvalue weighted by Crippen LogP contribution is 2.00. The van der Waals surface area contributed by atoms with E-state index in [0.29, 0.717) is 6.54 Å². The number of methoxy groups -OCH3 is 1. The van der Waals surface area contributed by atoms with Gasteiger partial charge in [-0.3, -0.25) is 9.36 Å². The molecule has 0 saturated carbocycles. The first-order chi connectivity index (χ1) is 6.61. The molecule has 0 aliphatic carbocycles. The van der Waals surface area contributed by atoms with E-state index < -0.39 is 11.2 Å². The largest absolute Gasteiger partial charge is 0.364 e. The Labute approximate surface area is 85.5 Å². The van der Waals surface area contributed by atoms with E-state index in [4.69, 9.17) is 16.3 Å². The molecule has 6 heteroatoms. The van der Waals surface area contributed by atoms with Crippen LogP contribution in [0.15, 0.2) is 15.7 Å². The van der Waals surface area contributed by atoms with E-state index in [-0.39, 0.29) is 11.9 Å². The molecule has 0 saturated heterocycles. The van der Waals surface area contributed by atoms with Gasteiger partial charge in [0.2, 0.25) is 0 Å². The van der Waals surface area contributed by atoms with E-state index >= 15 is 0 Å². The Kier molecular flexibility index (Phi) is 3.49. The number of nitrogens with zero attached hydrogens (tertiary/aromatic N) is 2. The lowest BCUT2D eigenvalue weighted by Crippen LogP contribution is -2.39. The van der Waals surface area contributed by atoms with Gasteiger partial charge in [0.1, 0.15) is 11.9 Å². The highest BCUT2D eigenvalue weighted by atomic mass is 35.5. The fourth-order valence-corrected chi connectivity index (χ4v) is 1.41. The van der Waals surface area contributed by atoms with Gasteiger partial charge in [0.25, 0.3) is 5.56 Å². The predicted molar refractivity (Wildman–Crippen MR) is 52.7 cm³/mol. The smallest absolute Gasteiger partial charge is 0.334 e. The predicted octanol–water partition coefficient (Wildman–Crippen LogP) is 0.287. The summed E-state index contributed by atoms with van der Waals surface area (Å²) in [7, 11) is 1.41. The van der Waals surface area contributed by atoms with Crippen LogP contribution in [0, 0.1) is 0 Å². The maximum absolute atomic E-state index is 11.6. The normalized spacial score (nSPS) is 10.5. The minimum absolute atomic E-state index is 0.0607. The number of hydrogen-bond acceptors (Lipinski definition) is 3. The quantitative estimate of drug-likeness (QED) is 0.686. The zero-order chi connectivity index (χ0) is 10.7. The molecule has 0 aliphatic heterocycles. The molecule has 0 N–H and O–H groups in total. The standard InChI is InChI=1S/C8H11ClN2O3/c1-3-10-6(9)4-7(12)11(5-14-2)8(10)13/h4H,3,5H2,1-2H3. The van der Waals surface area contributed by atoms with Crippen LogP contribution in [0.4, 0.5) is 0 Å². The summed E-state index contributed by atoms with van der Waals surface area (Å²) in [4.78, 5) is 22.9. The van der Waals surface area contributed by atoms with Gasteiger partial charge in [0, 0.05) is 19.7 Å². The Morgan fingerprint density at radius 2 is 2.07 bits per heavy atom. The van der Waals surface area contributed by atoms with Gasteiger partial charge < -0.3 is 4.74 Å². The molecule has 0 atom stereocenters. The van der Waals surface area contributed by atoms with Crippen molar-refractivity contribution in [3.8, 4) is 0 Å². The highest BCUT2D eigenvalue weighted by molar-refractivity contribution is 6.29. The number of ether oxygens (including phenoxy) is 1. The molecule has 0 aliphatic rings. The third-order valence-corrected chi connectivity index (χ3v) is 2.12. The summed E-state index contributed by atoms with van der Waals surface area (Å²) in [6.07, 6.45) is 0. The Hall–Kier alpha value is -1.07. The minimum atomic E-state index is -0.452. The molecule has 0 spiro atoms. The Bertz CT molecular complexity index is 435. The lowest BCUT2D eigenvalue weighted by atomic mass is 10.6. The summed E-state index contributed by atoms with van der Waals surface area (Å²) in [5, 5.41) is 0.148. The number of rotatable bonds is 3. The molecule has 1 heterocycles. The zero-order valence-electron chi connectivity index (χ0n) is 7.99. The fourth-order valence-electron chi connectivity index (χ4n) is 1.12. The van der Waals surface area contributed by atoms with Crippen LogP contribution in [0.3, 0.4) is 0 Å². The van der Waals surface area contributed by atoms with Crippen LogP contribution in [-0.2, 0) is 18.0 Å². The molecule has 78 valence electrons. The van der Waals surface area contributed by atoms with Gasteiger partial charge >= 0.3 is 5.69 Å².